The summed E-state index contributed by atoms with van der Waals surface area (Å²) in [6.07, 6.45) is 6.30. The summed E-state index contributed by atoms with van der Waals surface area (Å²) < 4.78 is 20.2. The molecule has 1 aliphatic rings. The molecule has 7 nitrogen and oxygen atoms in total. The first-order chi connectivity index (χ1) is 20.3. The molecule has 0 saturated carbocycles. The number of carboxylic acids is 1. The lowest BCUT2D eigenvalue weighted by molar-refractivity contribution is 0.0685. The number of hydrogen-bond donors (Lipinski definition) is 2. The van der Waals surface area contributed by atoms with Crippen molar-refractivity contribution in [3.05, 3.63) is 87.7 Å². The molecule has 1 atom stereocenters. The van der Waals surface area contributed by atoms with Gasteiger partial charge in [-0.1, -0.05) is 26.8 Å². The summed E-state index contributed by atoms with van der Waals surface area (Å²) in [6.45, 7) is 12.8. The monoisotopic (exact) mass is 618 g/mol. The van der Waals surface area contributed by atoms with Crippen molar-refractivity contribution in [2.75, 3.05) is 12.0 Å². The summed E-state index contributed by atoms with van der Waals surface area (Å²) in [6, 6.07) is 13.0. The molecule has 0 saturated heterocycles. The summed E-state index contributed by atoms with van der Waals surface area (Å²) >= 11 is 1.57. The van der Waals surface area contributed by atoms with Gasteiger partial charge in [-0.3, -0.25) is 4.39 Å². The van der Waals surface area contributed by atoms with Crippen LogP contribution in [-0.2, 0) is 22.9 Å². The van der Waals surface area contributed by atoms with E-state index in [9.17, 15) is 14.3 Å². The van der Waals surface area contributed by atoms with Crippen LogP contribution < -0.4 is 5.32 Å². The number of fused-ring (bicyclic) bond motifs is 1. The Morgan fingerprint density at radius 2 is 1.93 bits per heavy atom. The standard InChI is InChI=1S/C33H39FN4O3SSi/c1-21-16-26(37-29(17-21)38-28-18-22(11-14-34)12-15-35-28)27-20-36-31(42-27)33(41-43(5,6)32(2,3)4)13-7-8-23-19-24(30(39)40)9-10-25(23)33/h9-10,12,15-20H,7-8,11,13-14H2,1-6H3,(H,39,40)(H,35,37,38). The van der Waals surface area contributed by atoms with Crippen LogP contribution in [0.2, 0.25) is 18.1 Å². The van der Waals surface area contributed by atoms with Gasteiger partial charge in [0.1, 0.15) is 22.2 Å². The van der Waals surface area contributed by atoms with Gasteiger partial charge in [-0.2, -0.15) is 0 Å². The number of rotatable bonds is 9. The van der Waals surface area contributed by atoms with Crippen molar-refractivity contribution < 1.29 is 18.7 Å². The molecular weight excluding hydrogens is 580 g/mol. The molecule has 3 aromatic heterocycles. The fourth-order valence-electron chi connectivity index (χ4n) is 5.33. The quantitative estimate of drug-likeness (QED) is 0.182. The molecule has 0 spiro atoms. The second-order valence-electron chi connectivity index (χ2n) is 12.8. The van der Waals surface area contributed by atoms with E-state index in [4.69, 9.17) is 14.4 Å². The molecule has 3 heterocycles. The van der Waals surface area contributed by atoms with E-state index in [2.05, 4.69) is 44.2 Å². The second-order valence-corrected chi connectivity index (χ2v) is 18.5. The molecule has 10 heteroatoms. The molecule has 0 fully saturated rings. The summed E-state index contributed by atoms with van der Waals surface area (Å²) in [4.78, 5) is 27.0. The van der Waals surface area contributed by atoms with Crippen LogP contribution in [0, 0.1) is 6.92 Å². The predicted octanol–water partition coefficient (Wildman–Crippen LogP) is 8.46. The van der Waals surface area contributed by atoms with Gasteiger partial charge in [-0.15, -0.1) is 11.3 Å². The Hall–Kier alpha value is -3.47. The average molecular weight is 619 g/mol. The Morgan fingerprint density at radius 1 is 1.14 bits per heavy atom. The van der Waals surface area contributed by atoms with E-state index >= 15 is 0 Å². The van der Waals surface area contributed by atoms with Gasteiger partial charge in [0.2, 0.25) is 0 Å². The maximum atomic E-state index is 12.9. The van der Waals surface area contributed by atoms with Gasteiger partial charge >= 0.3 is 5.97 Å². The Labute approximate surface area is 257 Å². The molecule has 4 aromatic rings. The molecule has 0 radical (unpaired) electrons. The molecule has 226 valence electrons. The van der Waals surface area contributed by atoms with Gasteiger partial charge in [0.05, 0.1) is 22.8 Å². The topological polar surface area (TPSA) is 97.2 Å². The first-order valence-electron chi connectivity index (χ1n) is 14.6. The van der Waals surface area contributed by atoms with E-state index in [1.54, 1.807) is 29.7 Å². The molecule has 1 aliphatic carbocycles. The molecule has 5 rings (SSSR count). The van der Waals surface area contributed by atoms with Crippen molar-refractivity contribution in [1.82, 2.24) is 15.0 Å². The Morgan fingerprint density at radius 3 is 2.65 bits per heavy atom. The van der Waals surface area contributed by atoms with E-state index in [1.165, 1.54) is 0 Å². The first-order valence-corrected chi connectivity index (χ1v) is 18.3. The zero-order chi connectivity index (χ0) is 31.0. The van der Waals surface area contributed by atoms with Crippen molar-refractivity contribution in [1.29, 1.82) is 0 Å². The van der Waals surface area contributed by atoms with Crippen LogP contribution >= 0.6 is 11.3 Å². The first kappa shape index (κ1) is 31.0. The number of anilines is 2. The third kappa shape index (κ3) is 6.41. The van der Waals surface area contributed by atoms with Crippen LogP contribution in [0.15, 0.2) is 54.9 Å². The highest BCUT2D eigenvalue weighted by atomic mass is 32.1. The van der Waals surface area contributed by atoms with Gasteiger partial charge in [0, 0.05) is 18.8 Å². The zero-order valence-electron chi connectivity index (χ0n) is 25.6. The number of aryl methyl sites for hydroxylation is 3. The second kappa shape index (κ2) is 11.9. The maximum Gasteiger partial charge on any atom is 0.335 e. The smallest absolute Gasteiger partial charge is 0.335 e. The van der Waals surface area contributed by atoms with Gasteiger partial charge < -0.3 is 14.8 Å². The summed E-state index contributed by atoms with van der Waals surface area (Å²) in [7, 11) is -2.30. The van der Waals surface area contributed by atoms with Gasteiger partial charge in [0.25, 0.3) is 0 Å². The molecule has 1 aromatic carbocycles. The largest absolute Gasteiger partial charge is 0.478 e. The Bertz CT molecular complexity index is 1650. The van der Waals surface area contributed by atoms with Crippen molar-refractivity contribution in [2.24, 2.45) is 0 Å². The van der Waals surface area contributed by atoms with Crippen molar-refractivity contribution in [2.45, 2.75) is 77.1 Å². The minimum atomic E-state index is -2.30. The lowest BCUT2D eigenvalue weighted by atomic mass is 9.79. The Kier molecular flexibility index (Phi) is 8.57. The lowest BCUT2D eigenvalue weighted by Gasteiger charge is -2.47. The van der Waals surface area contributed by atoms with E-state index in [0.29, 0.717) is 18.1 Å². The van der Waals surface area contributed by atoms with Gasteiger partial charge in [0.15, 0.2) is 8.32 Å². The number of thiazole rings is 1. The normalized spacial score (nSPS) is 17.0. The number of pyridine rings is 2. The molecule has 0 bridgehead atoms. The molecule has 0 amide bonds. The van der Waals surface area contributed by atoms with E-state index < -0.39 is 26.6 Å². The minimum absolute atomic E-state index is 0.0348. The fraction of sp³-hybridized carbons (Fsp3) is 0.394. The van der Waals surface area contributed by atoms with Crippen LogP contribution in [0.3, 0.4) is 0 Å². The predicted molar refractivity (Wildman–Crippen MR) is 173 cm³/mol. The zero-order valence-corrected chi connectivity index (χ0v) is 27.4. The van der Waals surface area contributed by atoms with Crippen LogP contribution in [0.1, 0.15) is 71.2 Å². The third-order valence-electron chi connectivity index (χ3n) is 8.53. The molecule has 0 aliphatic heterocycles. The number of halogens is 1. The number of aromatic carboxylic acids is 1. The highest BCUT2D eigenvalue weighted by Gasteiger charge is 2.50. The number of aromatic nitrogens is 3. The Balaban J connectivity index is 1.56. The maximum absolute atomic E-state index is 12.9. The minimum Gasteiger partial charge on any atom is -0.478 e. The summed E-state index contributed by atoms with van der Waals surface area (Å²) in [5, 5.41) is 13.8. The van der Waals surface area contributed by atoms with Crippen LogP contribution in [0.4, 0.5) is 16.0 Å². The number of alkyl halides is 1. The van der Waals surface area contributed by atoms with Crippen LogP contribution in [0.25, 0.3) is 10.6 Å². The van der Waals surface area contributed by atoms with Crippen LogP contribution in [0.5, 0.6) is 0 Å². The summed E-state index contributed by atoms with van der Waals surface area (Å²) in [5.74, 6) is 0.327. The molecule has 1 unspecified atom stereocenters. The van der Waals surface area contributed by atoms with E-state index in [1.807, 2.05) is 43.5 Å². The average Bonchev–Trinajstić information content (AvgIpc) is 3.43. The number of nitrogens with zero attached hydrogens (tertiary/aromatic N) is 3. The highest BCUT2D eigenvalue weighted by molar-refractivity contribution is 7.15. The highest BCUT2D eigenvalue weighted by Crippen LogP contribution is 2.51. The number of nitrogens with one attached hydrogen (secondary N) is 1. The lowest BCUT2D eigenvalue weighted by Crippen LogP contribution is -2.50. The molecular formula is C33H39FN4O3SSi. The number of benzene rings is 1. The van der Waals surface area contributed by atoms with Crippen molar-refractivity contribution in [3.8, 4) is 10.6 Å². The molecule has 2 N–H and O–H groups in total. The van der Waals surface area contributed by atoms with E-state index in [0.717, 1.165) is 57.1 Å². The SMILES string of the molecule is Cc1cc(Nc2cc(CCF)ccn2)nc(-c2cnc(C3(O[Si](C)(C)C(C)(C)C)CCCc4cc(C(=O)O)ccc43)s2)c1. The van der Waals surface area contributed by atoms with Crippen molar-refractivity contribution in [3.63, 3.8) is 0 Å². The van der Waals surface area contributed by atoms with Gasteiger partial charge in [-0.05, 0) is 103 Å². The number of carboxylic acid groups (broad SMARTS) is 1. The van der Waals surface area contributed by atoms with Crippen molar-refractivity contribution >= 4 is 37.3 Å². The fourth-order valence-corrected chi connectivity index (χ4v) is 7.93. The number of carbonyl (C=O) groups is 1. The van der Waals surface area contributed by atoms with Crippen LogP contribution in [-0.4, -0.2) is 41.0 Å². The number of hydrogen-bond acceptors (Lipinski definition) is 7. The summed E-state index contributed by atoms with van der Waals surface area (Å²) in [5.41, 5.74) is 4.20. The molecule has 43 heavy (non-hydrogen) atoms. The third-order valence-corrected chi connectivity index (χ3v) is 14.2. The van der Waals surface area contributed by atoms with Gasteiger partial charge in [-0.25, -0.2) is 19.7 Å². The van der Waals surface area contributed by atoms with E-state index in [-0.39, 0.29) is 10.6 Å².